The summed E-state index contributed by atoms with van der Waals surface area (Å²) in [4.78, 5) is 37.5. The van der Waals surface area contributed by atoms with Crippen LogP contribution >= 0.6 is 0 Å². The molecule has 518 valence electrons. The number of aliphatic carboxylic acids is 1. The third-order valence-electron chi connectivity index (χ3n) is 15.6. The Morgan fingerprint density at radius 1 is 0.341 bits per heavy atom. The monoisotopic (exact) mass is 1260 g/mol. The van der Waals surface area contributed by atoms with Gasteiger partial charge in [-0.25, -0.2) is 0 Å². The number of carbonyl (C=O) groups is 3. The highest BCUT2D eigenvalue weighted by Gasteiger charge is 2.22. The molecule has 91 heavy (non-hydrogen) atoms. The maximum absolute atomic E-state index is 12.9. The summed E-state index contributed by atoms with van der Waals surface area (Å²) in [5, 5.41) is 11.8. The number of unbranched alkanes of at least 4 members (excludes halogenated alkanes) is 28. The van der Waals surface area contributed by atoms with Crippen molar-refractivity contribution >= 4 is 17.9 Å². The lowest BCUT2D eigenvalue weighted by molar-refractivity contribution is -0.870. The smallest absolute Gasteiger partial charge is 0.306 e. The zero-order valence-electron chi connectivity index (χ0n) is 59.2. The van der Waals surface area contributed by atoms with E-state index in [0.29, 0.717) is 17.4 Å². The summed E-state index contributed by atoms with van der Waals surface area (Å²) in [6.07, 6.45) is 101. The van der Waals surface area contributed by atoms with Gasteiger partial charge in [0, 0.05) is 12.8 Å². The number of hydrogen-bond donors (Lipinski definition) is 0. The second kappa shape index (κ2) is 71.0. The van der Waals surface area contributed by atoms with E-state index in [1.165, 1.54) is 135 Å². The number of rotatable bonds is 67. The first-order valence-corrected chi connectivity index (χ1v) is 37.0. The summed E-state index contributed by atoms with van der Waals surface area (Å²) in [5.41, 5.74) is 0. The van der Waals surface area contributed by atoms with Crippen molar-refractivity contribution in [2.45, 2.75) is 309 Å². The first-order chi connectivity index (χ1) is 44.6. The van der Waals surface area contributed by atoms with Gasteiger partial charge in [-0.2, -0.15) is 0 Å². The molecular weight excluding hydrogens is 1130 g/mol. The van der Waals surface area contributed by atoms with Gasteiger partial charge in [-0.05, 0) is 122 Å². The summed E-state index contributed by atoms with van der Waals surface area (Å²) in [5.74, 6) is -2.31. The molecular formula is C82H137NO8. The number of carboxylic acids is 1. The maximum atomic E-state index is 12.9. The van der Waals surface area contributed by atoms with Gasteiger partial charge in [0.15, 0.2) is 12.4 Å². The van der Waals surface area contributed by atoms with Gasteiger partial charge in [-0.3, -0.25) is 9.59 Å². The third-order valence-corrected chi connectivity index (χ3v) is 15.6. The van der Waals surface area contributed by atoms with Crippen LogP contribution in [0, 0.1) is 0 Å². The van der Waals surface area contributed by atoms with Crippen molar-refractivity contribution in [1.29, 1.82) is 0 Å². The van der Waals surface area contributed by atoms with Crippen molar-refractivity contribution in [2.75, 3.05) is 47.5 Å². The minimum absolute atomic E-state index is 0.138. The lowest BCUT2D eigenvalue weighted by atomic mass is 10.0. The van der Waals surface area contributed by atoms with E-state index in [9.17, 15) is 19.5 Å². The second-order valence-corrected chi connectivity index (χ2v) is 25.5. The van der Waals surface area contributed by atoms with Crippen LogP contribution in [0.25, 0.3) is 0 Å². The Hall–Kier alpha value is -4.83. The molecule has 0 aromatic rings. The molecule has 0 saturated carbocycles. The van der Waals surface area contributed by atoms with Gasteiger partial charge in [-0.15, -0.1) is 0 Å². The average molecular weight is 1260 g/mol. The zero-order valence-corrected chi connectivity index (χ0v) is 59.2. The molecule has 9 heteroatoms. The summed E-state index contributed by atoms with van der Waals surface area (Å²) in [6, 6.07) is 0. The molecule has 0 rings (SSSR count). The van der Waals surface area contributed by atoms with Crippen LogP contribution in [0.15, 0.2) is 146 Å². The van der Waals surface area contributed by atoms with E-state index in [2.05, 4.69) is 160 Å². The standard InChI is InChI=1S/C82H137NO8/c1-6-8-10-12-14-16-18-20-22-24-26-28-30-32-34-36-37-38-39-40-41-42-43-45-47-49-51-53-55-57-59-61-63-65-67-69-71-73-80(85)91-78(77-90-82(81(86)87)88-75-74-83(3,4)5)76-89-79(84)72-70-68-66-64-62-60-58-56-54-52-50-48-46-44-35-33-31-29-27-25-23-21-19-17-15-13-11-9-7-2/h8,10,14,16,19-22,25-28,32,34,37-38,40-41,43,45,49,51,55,57,78,82H,6-7,9,11-13,15,17-18,23-24,29-31,33,35-36,39,42,44,46-48,50,52-54,56,58-77H2,1-5H3/b10-8-,16-14-,21-19-,22-20-,27-25-,28-26-,34-32-,38-37-,41-40-,45-43-,51-49-,57-55-. The molecule has 0 bridgehead atoms. The Kier molecular flexibility index (Phi) is 67.3. The van der Waals surface area contributed by atoms with E-state index < -0.39 is 24.3 Å². The van der Waals surface area contributed by atoms with E-state index >= 15 is 0 Å². The molecule has 0 fully saturated rings. The van der Waals surface area contributed by atoms with Crippen molar-refractivity contribution in [3.8, 4) is 0 Å². The minimum atomic E-state index is -1.63. The van der Waals surface area contributed by atoms with Gasteiger partial charge in [0.2, 0.25) is 0 Å². The molecule has 0 radical (unpaired) electrons. The summed E-state index contributed by atoms with van der Waals surface area (Å²) in [7, 11) is 5.92. The summed E-state index contributed by atoms with van der Waals surface area (Å²) >= 11 is 0. The van der Waals surface area contributed by atoms with Crippen LogP contribution in [0.3, 0.4) is 0 Å². The Morgan fingerprint density at radius 3 is 0.934 bits per heavy atom. The number of allylic oxidation sites excluding steroid dienone is 24. The number of nitrogens with zero attached hydrogens (tertiary/aromatic N) is 1. The average Bonchev–Trinajstić information content (AvgIpc) is 3.50. The van der Waals surface area contributed by atoms with Crippen LogP contribution in [0.1, 0.15) is 296 Å². The minimum Gasteiger partial charge on any atom is -0.545 e. The molecule has 0 aliphatic rings. The maximum Gasteiger partial charge on any atom is 0.306 e. The normalized spacial score (nSPS) is 13.5. The summed E-state index contributed by atoms with van der Waals surface area (Å²) < 4.78 is 22.8. The number of likely N-dealkylation sites (N-methyl/N-ethyl adjacent to an activating group) is 1. The fourth-order valence-electron chi connectivity index (χ4n) is 9.95. The molecule has 9 nitrogen and oxygen atoms in total. The molecule has 0 aliphatic carbocycles. The first kappa shape index (κ1) is 86.2. The summed E-state index contributed by atoms with van der Waals surface area (Å²) in [6.45, 7) is 4.62. The van der Waals surface area contributed by atoms with Crippen LogP contribution in [0.5, 0.6) is 0 Å². The molecule has 0 aromatic carbocycles. The van der Waals surface area contributed by atoms with Crippen LogP contribution in [-0.2, 0) is 33.3 Å². The Morgan fingerprint density at radius 2 is 0.626 bits per heavy atom. The van der Waals surface area contributed by atoms with E-state index in [4.69, 9.17) is 18.9 Å². The third kappa shape index (κ3) is 72.5. The number of esters is 2. The van der Waals surface area contributed by atoms with Crippen molar-refractivity contribution < 1.29 is 42.9 Å². The first-order valence-electron chi connectivity index (χ1n) is 37.0. The number of ether oxygens (including phenoxy) is 4. The van der Waals surface area contributed by atoms with E-state index in [-0.39, 0.29) is 38.6 Å². The largest absolute Gasteiger partial charge is 0.545 e. The van der Waals surface area contributed by atoms with Crippen molar-refractivity contribution in [2.24, 2.45) is 0 Å². The van der Waals surface area contributed by atoms with Gasteiger partial charge in [0.25, 0.3) is 0 Å². The van der Waals surface area contributed by atoms with Gasteiger partial charge in [0.05, 0.1) is 40.3 Å². The van der Waals surface area contributed by atoms with Crippen molar-refractivity contribution in [3.05, 3.63) is 146 Å². The number of hydrogen-bond acceptors (Lipinski definition) is 8. The van der Waals surface area contributed by atoms with Crippen LogP contribution in [0.2, 0.25) is 0 Å². The van der Waals surface area contributed by atoms with Crippen LogP contribution in [-0.4, -0.2) is 82.3 Å². The van der Waals surface area contributed by atoms with Crippen molar-refractivity contribution in [3.63, 3.8) is 0 Å². The molecule has 0 aromatic heterocycles. The molecule has 2 atom stereocenters. The Bertz CT molecular complexity index is 2010. The Labute approximate surface area is 560 Å². The van der Waals surface area contributed by atoms with E-state index in [1.807, 2.05) is 21.1 Å². The quantitative estimate of drug-likeness (QED) is 0.0195. The molecule has 0 amide bonds. The SMILES string of the molecule is CC/C=C\C/C=C\C/C=C\C/C=C\C/C=C\C/C=C\C/C=C\C/C=C\C/C=C\C/C=C\CCCCCCCCC(=O)OC(COC(=O)CCCCCCCCCCCCCCCCCCC/C=C\C/C=C\CCCCCCC)COC(OCC[N+](C)(C)C)C(=O)[O-]. The van der Waals surface area contributed by atoms with Gasteiger partial charge in [-0.1, -0.05) is 307 Å². The highest BCUT2D eigenvalue weighted by atomic mass is 16.7. The fourth-order valence-corrected chi connectivity index (χ4v) is 9.95. The van der Waals surface area contributed by atoms with Gasteiger partial charge < -0.3 is 33.3 Å². The van der Waals surface area contributed by atoms with E-state index in [1.54, 1.807) is 0 Å². The second-order valence-electron chi connectivity index (χ2n) is 25.5. The molecule has 0 aliphatic heterocycles. The number of quaternary nitrogens is 1. The van der Waals surface area contributed by atoms with Crippen LogP contribution in [0.4, 0.5) is 0 Å². The molecule has 0 heterocycles. The molecule has 0 N–H and O–H groups in total. The molecule has 2 unspecified atom stereocenters. The van der Waals surface area contributed by atoms with E-state index in [0.717, 1.165) is 128 Å². The lowest BCUT2D eigenvalue weighted by Crippen LogP contribution is -2.44. The number of carboxylic acid groups (broad SMARTS) is 1. The highest BCUT2D eigenvalue weighted by Crippen LogP contribution is 2.17. The predicted octanol–water partition coefficient (Wildman–Crippen LogP) is 22.1. The van der Waals surface area contributed by atoms with Crippen molar-refractivity contribution in [1.82, 2.24) is 0 Å². The molecule has 0 saturated heterocycles. The number of carbonyl (C=O) groups excluding carboxylic acids is 3. The molecule has 0 spiro atoms. The zero-order chi connectivity index (χ0) is 66.1. The van der Waals surface area contributed by atoms with Gasteiger partial charge >= 0.3 is 11.9 Å². The van der Waals surface area contributed by atoms with Gasteiger partial charge in [0.1, 0.15) is 13.2 Å². The predicted molar refractivity (Wildman–Crippen MR) is 389 cm³/mol. The Balaban J connectivity index is 4.18. The fraction of sp³-hybridized carbons (Fsp3) is 0.671. The topological polar surface area (TPSA) is 111 Å². The van der Waals surface area contributed by atoms with Crippen LogP contribution < -0.4 is 5.11 Å². The highest BCUT2D eigenvalue weighted by molar-refractivity contribution is 5.70. The lowest BCUT2D eigenvalue weighted by Gasteiger charge is -2.26.